The number of benzene rings is 1. The van der Waals surface area contributed by atoms with E-state index >= 15 is 0 Å². The number of hydrogen-bond acceptors (Lipinski definition) is 6. The summed E-state index contributed by atoms with van der Waals surface area (Å²) in [5, 5.41) is 2.63. The minimum absolute atomic E-state index is 0.0396. The van der Waals surface area contributed by atoms with Gasteiger partial charge < -0.3 is 5.32 Å². The van der Waals surface area contributed by atoms with Crippen LogP contribution in [0.4, 0.5) is 0 Å². The van der Waals surface area contributed by atoms with Gasteiger partial charge in [0.15, 0.2) is 5.78 Å². The lowest BCUT2D eigenvalue weighted by atomic mass is 9.96. The molecule has 0 atom stereocenters. The van der Waals surface area contributed by atoms with Gasteiger partial charge in [-0.25, -0.2) is 0 Å². The molecule has 3 nitrogen and oxygen atoms in total. The number of rotatable bonds is 9. The molecule has 1 N–H and O–H groups in total. The van der Waals surface area contributed by atoms with E-state index in [9.17, 15) is 9.59 Å². The van der Waals surface area contributed by atoms with Gasteiger partial charge >= 0.3 is 0 Å². The van der Waals surface area contributed by atoms with Gasteiger partial charge in [-0.05, 0) is 79.1 Å². The van der Waals surface area contributed by atoms with Gasteiger partial charge in [0.25, 0.3) is 5.91 Å². The summed E-state index contributed by atoms with van der Waals surface area (Å²) in [5.41, 5.74) is 1.96. The van der Waals surface area contributed by atoms with E-state index in [4.69, 9.17) is 0 Å². The molecule has 0 fully saturated rings. The van der Waals surface area contributed by atoms with E-state index in [-0.39, 0.29) is 18.2 Å². The van der Waals surface area contributed by atoms with Crippen LogP contribution in [0.25, 0.3) is 39.7 Å². The first-order valence-corrected chi connectivity index (χ1v) is 16.2. The molecular formula is C31H27NO2S4. The number of thiophene rings is 4. The van der Waals surface area contributed by atoms with E-state index in [0.29, 0.717) is 11.1 Å². The number of amides is 1. The number of unbranched alkanes of at least 4 members (excludes halogenated alkanes) is 3. The average Bonchev–Trinajstić information content (AvgIpc) is 3.74. The summed E-state index contributed by atoms with van der Waals surface area (Å²) in [6.45, 7) is 2.33. The highest BCUT2D eigenvalue weighted by molar-refractivity contribution is 7.29. The predicted molar refractivity (Wildman–Crippen MR) is 164 cm³/mol. The number of aryl methyl sites for hydroxylation is 1. The zero-order valence-corrected chi connectivity index (χ0v) is 24.3. The standard InChI is InChI=1S/C31H27NO2S4/c1-2-3-4-5-6-20-8-10-25(35-20)26-13-14-29(37-26)30-16-15-28(38-30)27-12-11-24(36-27)19-7-9-21-22(17-19)23(33)18-32-31(21)34/h7-17H,2-6,18H2,1H3,(H,32,34). The van der Waals surface area contributed by atoms with E-state index in [1.807, 2.05) is 46.1 Å². The van der Waals surface area contributed by atoms with E-state index in [2.05, 4.69) is 60.8 Å². The second-order valence-corrected chi connectivity index (χ2v) is 13.9. The van der Waals surface area contributed by atoms with Crippen molar-refractivity contribution < 1.29 is 9.59 Å². The molecule has 0 radical (unpaired) electrons. The third-order valence-corrected chi connectivity index (χ3v) is 11.8. The van der Waals surface area contributed by atoms with Crippen LogP contribution >= 0.6 is 45.3 Å². The van der Waals surface area contributed by atoms with Crippen LogP contribution < -0.4 is 5.32 Å². The molecular weight excluding hydrogens is 547 g/mol. The Hall–Kier alpha value is -2.84. The van der Waals surface area contributed by atoms with Gasteiger partial charge in [0.2, 0.25) is 0 Å². The molecule has 0 unspecified atom stereocenters. The fraction of sp³-hybridized carbons (Fsp3) is 0.226. The molecule has 4 aromatic heterocycles. The Balaban J connectivity index is 1.17. The summed E-state index contributed by atoms with van der Waals surface area (Å²) in [6.07, 6.45) is 6.41. The minimum Gasteiger partial charge on any atom is -0.345 e. The maximum Gasteiger partial charge on any atom is 0.252 e. The number of Topliss-reactive ketones (excluding diaryl/α,β-unsaturated/α-hetero) is 1. The lowest BCUT2D eigenvalue weighted by molar-refractivity contribution is 0.0877. The fourth-order valence-corrected chi connectivity index (χ4v) is 9.01. The molecule has 192 valence electrons. The van der Waals surface area contributed by atoms with Crippen LogP contribution in [-0.4, -0.2) is 18.2 Å². The Labute approximate surface area is 238 Å². The largest absolute Gasteiger partial charge is 0.345 e. The molecule has 38 heavy (non-hydrogen) atoms. The first kappa shape index (κ1) is 25.4. The topological polar surface area (TPSA) is 46.2 Å². The van der Waals surface area contributed by atoms with E-state index in [1.165, 1.54) is 66.2 Å². The predicted octanol–water partition coefficient (Wildman–Crippen LogP) is 9.65. The lowest BCUT2D eigenvalue weighted by Crippen LogP contribution is -2.36. The zero-order valence-electron chi connectivity index (χ0n) is 21.0. The maximum absolute atomic E-state index is 12.3. The number of fused-ring (bicyclic) bond motifs is 1. The number of nitrogens with one attached hydrogen (secondary N) is 1. The fourth-order valence-electron chi connectivity index (χ4n) is 4.68. The number of carbonyl (C=O) groups is 2. The van der Waals surface area contributed by atoms with Crippen LogP contribution in [0, 0.1) is 0 Å². The summed E-state index contributed by atoms with van der Waals surface area (Å²) >= 11 is 7.34. The molecule has 6 rings (SSSR count). The van der Waals surface area contributed by atoms with E-state index in [1.54, 1.807) is 17.4 Å². The van der Waals surface area contributed by atoms with Crippen LogP contribution in [0.3, 0.4) is 0 Å². The second-order valence-electron chi connectivity index (χ2n) is 9.43. The van der Waals surface area contributed by atoms with E-state index < -0.39 is 0 Å². The summed E-state index contributed by atoms with van der Waals surface area (Å²) in [6, 6.07) is 23.3. The second kappa shape index (κ2) is 11.1. The van der Waals surface area contributed by atoms with Crippen LogP contribution in [-0.2, 0) is 6.42 Å². The quantitative estimate of drug-likeness (QED) is 0.178. The monoisotopic (exact) mass is 573 g/mol. The Morgan fingerprint density at radius 2 is 1.21 bits per heavy atom. The molecule has 0 bridgehead atoms. The average molecular weight is 574 g/mol. The van der Waals surface area contributed by atoms with Crippen molar-refractivity contribution in [3.05, 3.63) is 82.7 Å². The lowest BCUT2D eigenvalue weighted by Gasteiger charge is -2.15. The summed E-state index contributed by atoms with van der Waals surface area (Å²) < 4.78 is 0. The van der Waals surface area contributed by atoms with Crippen LogP contribution in [0.2, 0.25) is 0 Å². The number of carbonyl (C=O) groups excluding carboxylic acids is 2. The first-order chi connectivity index (χ1) is 18.6. The molecule has 1 aliphatic heterocycles. The van der Waals surface area contributed by atoms with Gasteiger partial charge in [-0.15, -0.1) is 45.3 Å². The first-order valence-electron chi connectivity index (χ1n) is 12.9. The SMILES string of the molecule is CCCCCCc1ccc(-c2ccc(-c3ccc(-c4ccc(-c5ccc6c(c5)C(=O)CNC6=O)s4)s3)s2)s1. The van der Waals surface area contributed by atoms with Crippen molar-refractivity contribution >= 4 is 57.0 Å². The molecule has 0 aliphatic carbocycles. The van der Waals surface area contributed by atoms with Gasteiger partial charge in [0, 0.05) is 44.6 Å². The summed E-state index contributed by atoms with van der Waals surface area (Å²) in [4.78, 5) is 34.7. The highest BCUT2D eigenvalue weighted by Gasteiger charge is 2.23. The van der Waals surface area contributed by atoms with Crippen molar-refractivity contribution in [3.63, 3.8) is 0 Å². The third-order valence-electron chi connectivity index (χ3n) is 6.74. The Kier molecular flexibility index (Phi) is 7.43. The highest BCUT2D eigenvalue weighted by atomic mass is 32.1. The zero-order chi connectivity index (χ0) is 26.1. The molecule has 1 aliphatic rings. The maximum atomic E-state index is 12.3. The Morgan fingerprint density at radius 1 is 0.632 bits per heavy atom. The number of hydrogen-bond donors (Lipinski definition) is 1. The Morgan fingerprint density at radius 3 is 1.87 bits per heavy atom. The minimum atomic E-state index is -0.178. The van der Waals surface area contributed by atoms with Gasteiger partial charge in [-0.2, -0.15) is 0 Å². The van der Waals surface area contributed by atoms with Crippen molar-refractivity contribution in [3.8, 4) is 39.7 Å². The molecule has 5 heterocycles. The van der Waals surface area contributed by atoms with Crippen molar-refractivity contribution in [1.82, 2.24) is 5.32 Å². The third kappa shape index (κ3) is 5.21. The summed E-state index contributed by atoms with van der Waals surface area (Å²) in [5.74, 6) is -0.218. The smallest absolute Gasteiger partial charge is 0.252 e. The van der Waals surface area contributed by atoms with Gasteiger partial charge in [-0.3, -0.25) is 9.59 Å². The van der Waals surface area contributed by atoms with Gasteiger partial charge in [0.05, 0.1) is 12.1 Å². The molecule has 1 amide bonds. The molecule has 1 aromatic carbocycles. The molecule has 0 saturated heterocycles. The van der Waals surface area contributed by atoms with Crippen molar-refractivity contribution in [2.45, 2.75) is 39.0 Å². The highest BCUT2D eigenvalue weighted by Crippen LogP contribution is 2.44. The van der Waals surface area contributed by atoms with E-state index in [0.717, 1.165) is 10.4 Å². The molecule has 5 aromatic rings. The molecule has 0 spiro atoms. The van der Waals surface area contributed by atoms with Crippen LogP contribution in [0.1, 0.15) is 58.2 Å². The molecule has 7 heteroatoms. The van der Waals surface area contributed by atoms with Gasteiger partial charge in [0.1, 0.15) is 0 Å². The van der Waals surface area contributed by atoms with Gasteiger partial charge in [-0.1, -0.05) is 32.3 Å². The summed E-state index contributed by atoms with van der Waals surface area (Å²) in [7, 11) is 0. The van der Waals surface area contributed by atoms with Crippen molar-refractivity contribution in [1.29, 1.82) is 0 Å². The Bertz CT molecular complexity index is 1620. The normalized spacial score (nSPS) is 13.1. The molecule has 0 saturated carbocycles. The van der Waals surface area contributed by atoms with Crippen molar-refractivity contribution in [2.24, 2.45) is 0 Å². The van der Waals surface area contributed by atoms with Crippen LogP contribution in [0.15, 0.2) is 66.7 Å². The van der Waals surface area contributed by atoms with Crippen LogP contribution in [0.5, 0.6) is 0 Å². The number of ketones is 1. The van der Waals surface area contributed by atoms with Crippen molar-refractivity contribution in [2.75, 3.05) is 6.54 Å².